The number of nitrogens with zero attached hydrogens (tertiary/aromatic N) is 4. The average Bonchev–Trinajstić information content (AvgIpc) is 3.44. The normalized spacial score (nSPS) is 16.8. The first-order valence-corrected chi connectivity index (χ1v) is 16.8. The molecule has 0 radical (unpaired) electrons. The number of nitrogens with one attached hydrogen (secondary N) is 1. The largest absolute Gasteiger partial charge is 0.484 e. The molecule has 0 saturated carbocycles. The van der Waals surface area contributed by atoms with Gasteiger partial charge in [-0.05, 0) is 57.5 Å². The molecule has 2 aromatic carbocycles. The molecule has 1 aliphatic heterocycles. The van der Waals surface area contributed by atoms with E-state index < -0.39 is 117 Å². The van der Waals surface area contributed by atoms with Gasteiger partial charge < -0.3 is 24.1 Å². The monoisotopic (exact) mass is 767 g/mol. The van der Waals surface area contributed by atoms with Crippen LogP contribution < -0.4 is 15.0 Å². The van der Waals surface area contributed by atoms with Crippen LogP contribution in [-0.2, 0) is 37.1 Å². The van der Waals surface area contributed by atoms with Crippen molar-refractivity contribution >= 4 is 33.4 Å². The van der Waals surface area contributed by atoms with Crippen LogP contribution in [0.25, 0.3) is 11.5 Å². The van der Waals surface area contributed by atoms with Gasteiger partial charge in [0.15, 0.2) is 16.4 Å². The third kappa shape index (κ3) is 10.1. The minimum absolute atomic E-state index is 0.192. The molecule has 13 nitrogen and oxygen atoms in total. The second-order valence-electron chi connectivity index (χ2n) is 12.7. The van der Waals surface area contributed by atoms with Crippen LogP contribution in [0.5, 0.6) is 5.75 Å². The maximum absolute atomic E-state index is 15.5. The highest BCUT2D eigenvalue weighted by molar-refractivity contribution is 7.91. The first kappa shape index (κ1) is 39.8. The molecule has 0 aliphatic carbocycles. The lowest BCUT2D eigenvalue weighted by molar-refractivity contribution is -0.153. The summed E-state index contributed by atoms with van der Waals surface area (Å²) in [6, 6.07) is 2.96. The zero-order chi connectivity index (χ0) is 39.0. The fourth-order valence-electron chi connectivity index (χ4n) is 4.73. The number of aromatic nitrogens is 2. The van der Waals surface area contributed by atoms with E-state index in [1.54, 1.807) is 20.8 Å². The second-order valence-corrected chi connectivity index (χ2v) is 14.7. The van der Waals surface area contributed by atoms with Crippen molar-refractivity contribution in [1.82, 2.24) is 20.4 Å². The molecular formula is C31H32F7N5O8S. The molecule has 0 unspecified atom stereocenters. The molecule has 1 aromatic heterocycles. The van der Waals surface area contributed by atoms with Crippen LogP contribution in [0.15, 0.2) is 45.7 Å². The van der Waals surface area contributed by atoms with Gasteiger partial charge in [-0.15, -0.1) is 10.2 Å². The van der Waals surface area contributed by atoms with Gasteiger partial charge in [0.25, 0.3) is 11.8 Å². The van der Waals surface area contributed by atoms with Crippen molar-refractivity contribution in [2.75, 3.05) is 24.3 Å². The van der Waals surface area contributed by atoms with Gasteiger partial charge in [0.1, 0.15) is 35.7 Å². The molecule has 0 spiro atoms. The van der Waals surface area contributed by atoms with Crippen LogP contribution in [0.4, 0.5) is 41.2 Å². The third-order valence-corrected chi connectivity index (χ3v) is 9.07. The van der Waals surface area contributed by atoms with Gasteiger partial charge in [0, 0.05) is 7.05 Å². The number of hydrogen-bond acceptors (Lipinski definition) is 10. The van der Waals surface area contributed by atoms with E-state index in [0.29, 0.717) is 6.07 Å². The van der Waals surface area contributed by atoms with Gasteiger partial charge in [0.05, 0.1) is 28.4 Å². The summed E-state index contributed by atoms with van der Waals surface area (Å²) in [5.74, 6) is -6.37. The molecule has 284 valence electrons. The topological polar surface area (TPSA) is 161 Å². The fraction of sp³-hybridized carbons (Fsp3) is 0.452. The Hall–Kier alpha value is -4.95. The standard InChI is InChI=1S/C31H32F7N5O8S/c1-16(42(5)28(46)51-29(2,3)4)25(44)39-21-14-52(47,48)23-11-20(32)19(26-41-40-24(50-26)12-30(33,34)35)10-22(23)43(27(21)45)13-17-6-8-18(9-7-17)49-15-31(36,37)38/h6-11,16,21H,12-15H2,1-5H3,(H,39,44)/t16-,21-/m0/s1. The summed E-state index contributed by atoms with van der Waals surface area (Å²) < 4.78 is 134. The Morgan fingerprint density at radius 3 is 2.27 bits per heavy atom. The minimum atomic E-state index is -4.76. The molecule has 0 fully saturated rings. The highest BCUT2D eigenvalue weighted by atomic mass is 32.2. The fourth-order valence-corrected chi connectivity index (χ4v) is 6.34. The number of rotatable bonds is 9. The molecule has 52 heavy (non-hydrogen) atoms. The lowest BCUT2D eigenvalue weighted by atomic mass is 10.1. The summed E-state index contributed by atoms with van der Waals surface area (Å²) in [5, 5.41) is 9.01. The van der Waals surface area contributed by atoms with E-state index in [-0.39, 0.29) is 11.3 Å². The number of alkyl halides is 6. The van der Waals surface area contributed by atoms with Crippen LogP contribution in [0.3, 0.4) is 0 Å². The van der Waals surface area contributed by atoms with E-state index in [1.807, 2.05) is 0 Å². The minimum Gasteiger partial charge on any atom is -0.484 e. The smallest absolute Gasteiger partial charge is 0.422 e. The summed E-state index contributed by atoms with van der Waals surface area (Å²) in [6.45, 7) is 3.92. The van der Waals surface area contributed by atoms with Crippen molar-refractivity contribution in [3.8, 4) is 17.2 Å². The first-order chi connectivity index (χ1) is 23.8. The molecule has 3 amide bonds. The van der Waals surface area contributed by atoms with Crippen molar-refractivity contribution < 1.29 is 67.4 Å². The van der Waals surface area contributed by atoms with Crippen LogP contribution in [0.2, 0.25) is 0 Å². The highest BCUT2D eigenvalue weighted by Gasteiger charge is 2.41. The van der Waals surface area contributed by atoms with Crippen LogP contribution >= 0.6 is 0 Å². The number of ether oxygens (including phenoxy) is 2. The summed E-state index contributed by atoms with van der Waals surface area (Å²) in [5.41, 5.74) is -1.90. The first-order valence-electron chi connectivity index (χ1n) is 15.2. The summed E-state index contributed by atoms with van der Waals surface area (Å²) >= 11 is 0. The SMILES string of the molecule is C[C@@H](C(=O)N[C@H]1CS(=O)(=O)c2cc(F)c(-c3nnc(CC(F)(F)F)o3)cc2N(Cc2ccc(OCC(F)(F)F)cc2)C1=O)N(C)C(=O)OC(C)(C)C. The molecule has 1 aliphatic rings. The molecule has 2 atom stereocenters. The Kier molecular flexibility index (Phi) is 11.2. The van der Waals surface area contributed by atoms with Crippen molar-refractivity contribution in [2.24, 2.45) is 0 Å². The predicted molar refractivity (Wildman–Crippen MR) is 166 cm³/mol. The van der Waals surface area contributed by atoms with E-state index >= 15 is 4.39 Å². The van der Waals surface area contributed by atoms with E-state index in [9.17, 15) is 49.1 Å². The average molecular weight is 768 g/mol. The zero-order valence-electron chi connectivity index (χ0n) is 28.1. The highest BCUT2D eigenvalue weighted by Crippen LogP contribution is 2.38. The molecule has 2 heterocycles. The van der Waals surface area contributed by atoms with Crippen molar-refractivity contribution in [1.29, 1.82) is 0 Å². The summed E-state index contributed by atoms with van der Waals surface area (Å²) in [7, 11) is -3.42. The van der Waals surface area contributed by atoms with Gasteiger partial charge in [0.2, 0.25) is 11.8 Å². The van der Waals surface area contributed by atoms with E-state index in [1.165, 1.54) is 26.1 Å². The lowest BCUT2D eigenvalue weighted by Gasteiger charge is -2.30. The van der Waals surface area contributed by atoms with Gasteiger partial charge in [-0.1, -0.05) is 12.1 Å². The van der Waals surface area contributed by atoms with Gasteiger partial charge in [-0.2, -0.15) is 26.3 Å². The molecular weight excluding hydrogens is 735 g/mol. The molecule has 21 heteroatoms. The van der Waals surface area contributed by atoms with Crippen molar-refractivity contribution in [2.45, 2.75) is 75.6 Å². The van der Waals surface area contributed by atoms with Gasteiger partial charge in [-0.25, -0.2) is 17.6 Å². The molecule has 4 rings (SSSR count). The number of amides is 3. The number of sulfone groups is 1. The Balaban J connectivity index is 1.75. The zero-order valence-corrected chi connectivity index (χ0v) is 28.9. The van der Waals surface area contributed by atoms with Crippen LogP contribution in [0.1, 0.15) is 39.1 Å². The molecule has 3 aromatic rings. The van der Waals surface area contributed by atoms with Crippen LogP contribution in [0, 0.1) is 5.82 Å². The number of carbonyl (C=O) groups is 3. The third-order valence-electron chi connectivity index (χ3n) is 7.30. The number of hydrogen-bond donors (Lipinski definition) is 1. The number of halogens is 7. The van der Waals surface area contributed by atoms with E-state index in [0.717, 1.165) is 28.0 Å². The van der Waals surface area contributed by atoms with Crippen LogP contribution in [-0.4, -0.2) is 90.9 Å². The molecule has 0 saturated heterocycles. The maximum Gasteiger partial charge on any atom is 0.422 e. The quantitative estimate of drug-likeness (QED) is 0.294. The Morgan fingerprint density at radius 2 is 1.69 bits per heavy atom. The number of anilines is 1. The number of carbonyl (C=O) groups excluding carboxylic acids is 3. The number of benzene rings is 2. The van der Waals surface area contributed by atoms with Crippen molar-refractivity contribution in [3.05, 3.63) is 53.7 Å². The Morgan fingerprint density at radius 1 is 1.06 bits per heavy atom. The van der Waals surface area contributed by atoms with E-state index in [4.69, 9.17) is 13.9 Å². The Labute approximate surface area is 292 Å². The second kappa shape index (κ2) is 14.6. The van der Waals surface area contributed by atoms with Gasteiger partial charge in [-0.3, -0.25) is 14.5 Å². The van der Waals surface area contributed by atoms with Gasteiger partial charge >= 0.3 is 18.4 Å². The predicted octanol–water partition coefficient (Wildman–Crippen LogP) is 4.98. The van der Waals surface area contributed by atoms with Crippen molar-refractivity contribution in [3.63, 3.8) is 0 Å². The Bertz CT molecular complexity index is 1930. The molecule has 1 N–H and O–H groups in total. The molecule has 0 bridgehead atoms. The summed E-state index contributed by atoms with van der Waals surface area (Å²) in [6.07, 6.45) is -12.0. The number of likely N-dealkylation sites (N-methyl/N-ethyl adjacent to an activating group) is 1. The van der Waals surface area contributed by atoms with E-state index in [2.05, 4.69) is 15.5 Å². The maximum atomic E-state index is 15.5. The lowest BCUT2D eigenvalue weighted by Crippen LogP contribution is -2.55. The summed E-state index contributed by atoms with van der Waals surface area (Å²) in [4.78, 5) is 41.0. The number of fused-ring (bicyclic) bond motifs is 1.